The molecule has 3 nitrogen and oxygen atoms in total. The fourth-order valence-electron chi connectivity index (χ4n) is 2.25. The van der Waals surface area contributed by atoms with Gasteiger partial charge in [0, 0.05) is 18.3 Å². The minimum absolute atomic E-state index is 0.00750. The van der Waals surface area contributed by atoms with E-state index >= 15 is 0 Å². The normalized spacial score (nSPS) is 22.9. The van der Waals surface area contributed by atoms with Crippen molar-refractivity contribution < 1.29 is 0 Å². The van der Waals surface area contributed by atoms with Crippen molar-refractivity contribution in [2.45, 2.75) is 25.8 Å². The van der Waals surface area contributed by atoms with Gasteiger partial charge < -0.3 is 4.98 Å². The fourth-order valence-corrected chi connectivity index (χ4v) is 2.25. The van der Waals surface area contributed by atoms with Crippen molar-refractivity contribution in [1.29, 1.82) is 0 Å². The second kappa shape index (κ2) is 3.58. The molecule has 1 N–H and O–H groups in total. The van der Waals surface area contributed by atoms with Gasteiger partial charge in [-0.2, -0.15) is 0 Å². The van der Waals surface area contributed by atoms with E-state index in [-0.39, 0.29) is 5.56 Å². The third-order valence-electron chi connectivity index (χ3n) is 3.05. The summed E-state index contributed by atoms with van der Waals surface area (Å²) < 4.78 is 0. The van der Waals surface area contributed by atoms with Crippen LogP contribution in [0, 0.1) is 6.92 Å². The number of aromatic nitrogens is 1. The van der Waals surface area contributed by atoms with Gasteiger partial charge >= 0.3 is 0 Å². The monoisotopic (exact) mass is 192 g/mol. The van der Waals surface area contributed by atoms with Crippen LogP contribution in [0.3, 0.4) is 0 Å². The number of pyridine rings is 1. The molecule has 2 heterocycles. The smallest absolute Gasteiger partial charge is 0.248 e. The molecular formula is C11H16N2O. The lowest BCUT2D eigenvalue weighted by Gasteiger charge is -2.20. The summed E-state index contributed by atoms with van der Waals surface area (Å²) in [5.74, 6) is 0. The van der Waals surface area contributed by atoms with Crippen molar-refractivity contribution in [3.8, 4) is 0 Å². The first kappa shape index (κ1) is 9.46. The van der Waals surface area contributed by atoms with Gasteiger partial charge in [-0.05, 0) is 44.5 Å². The predicted octanol–water partition coefficient (Wildman–Crippen LogP) is 1.45. The van der Waals surface area contributed by atoms with Crippen LogP contribution in [0.5, 0.6) is 0 Å². The molecule has 1 fully saturated rings. The van der Waals surface area contributed by atoms with Crippen LogP contribution in [0.2, 0.25) is 0 Å². The summed E-state index contributed by atoms with van der Waals surface area (Å²) in [4.78, 5) is 16.2. The Balaban J connectivity index is 2.36. The third kappa shape index (κ3) is 1.60. The molecule has 0 bridgehead atoms. The largest absolute Gasteiger partial charge is 0.329 e. The predicted molar refractivity (Wildman–Crippen MR) is 56.4 cm³/mol. The molecule has 0 saturated carbocycles. The van der Waals surface area contributed by atoms with Crippen LogP contribution in [0.15, 0.2) is 17.1 Å². The number of likely N-dealkylation sites (tertiary alicyclic amines) is 1. The first-order chi connectivity index (χ1) is 6.68. The zero-order valence-corrected chi connectivity index (χ0v) is 8.71. The Kier molecular flexibility index (Phi) is 2.42. The van der Waals surface area contributed by atoms with E-state index in [1.54, 1.807) is 6.07 Å². The minimum atomic E-state index is -0.00750. The zero-order valence-electron chi connectivity index (χ0n) is 8.71. The van der Waals surface area contributed by atoms with Crippen LogP contribution in [-0.2, 0) is 0 Å². The highest BCUT2D eigenvalue weighted by atomic mass is 16.1. The van der Waals surface area contributed by atoms with E-state index in [1.807, 2.05) is 13.1 Å². The maximum atomic E-state index is 11.1. The number of hydrogen-bond acceptors (Lipinski definition) is 2. The highest BCUT2D eigenvalue weighted by Crippen LogP contribution is 2.30. The first-order valence-electron chi connectivity index (χ1n) is 5.08. The van der Waals surface area contributed by atoms with Crippen molar-refractivity contribution in [2.24, 2.45) is 0 Å². The Bertz CT molecular complexity index is 383. The quantitative estimate of drug-likeness (QED) is 0.731. The average molecular weight is 192 g/mol. The van der Waals surface area contributed by atoms with E-state index < -0.39 is 0 Å². The highest BCUT2D eigenvalue weighted by Gasteiger charge is 2.23. The number of hydrogen-bond donors (Lipinski definition) is 1. The SMILES string of the molecule is Cc1cc(=O)[nH]cc1[C@@H]1CCCN1C. The second-order valence-corrected chi connectivity index (χ2v) is 4.07. The molecule has 1 aliphatic rings. The molecule has 0 radical (unpaired) electrons. The summed E-state index contributed by atoms with van der Waals surface area (Å²) in [6.45, 7) is 3.17. The van der Waals surface area contributed by atoms with Crippen molar-refractivity contribution >= 4 is 0 Å². The zero-order chi connectivity index (χ0) is 10.1. The van der Waals surface area contributed by atoms with E-state index in [2.05, 4.69) is 16.9 Å². The van der Waals surface area contributed by atoms with Gasteiger partial charge in [0.25, 0.3) is 0 Å². The van der Waals surface area contributed by atoms with Crippen LogP contribution in [0.4, 0.5) is 0 Å². The third-order valence-corrected chi connectivity index (χ3v) is 3.05. The van der Waals surface area contributed by atoms with Gasteiger partial charge in [-0.3, -0.25) is 9.69 Å². The topological polar surface area (TPSA) is 36.1 Å². The maximum Gasteiger partial charge on any atom is 0.248 e. The minimum Gasteiger partial charge on any atom is -0.329 e. The summed E-state index contributed by atoms with van der Waals surface area (Å²) in [6, 6.07) is 2.17. The number of nitrogens with one attached hydrogen (secondary N) is 1. The standard InChI is InChI=1S/C11H16N2O/c1-8-6-11(14)12-7-9(8)10-4-3-5-13(10)2/h6-7,10H,3-5H2,1-2H3,(H,12,14)/t10-/m0/s1. The van der Waals surface area contributed by atoms with Gasteiger partial charge in [-0.25, -0.2) is 0 Å². The molecule has 0 amide bonds. The average Bonchev–Trinajstić information content (AvgIpc) is 2.52. The van der Waals surface area contributed by atoms with Gasteiger partial charge in [0.15, 0.2) is 0 Å². The van der Waals surface area contributed by atoms with Crippen molar-refractivity contribution in [3.05, 3.63) is 33.7 Å². The molecule has 1 aromatic rings. The first-order valence-corrected chi connectivity index (χ1v) is 5.08. The number of aromatic amines is 1. The molecule has 2 rings (SSSR count). The lowest BCUT2D eigenvalue weighted by Crippen LogP contribution is -2.19. The summed E-state index contributed by atoms with van der Waals surface area (Å²) in [5.41, 5.74) is 2.36. The van der Waals surface area contributed by atoms with Gasteiger partial charge in [0.1, 0.15) is 0 Å². The van der Waals surface area contributed by atoms with E-state index in [1.165, 1.54) is 18.4 Å². The van der Waals surface area contributed by atoms with Gasteiger partial charge in [0.05, 0.1) is 0 Å². The molecule has 76 valence electrons. The molecule has 3 heteroatoms. The van der Waals surface area contributed by atoms with Crippen molar-refractivity contribution in [1.82, 2.24) is 9.88 Å². The molecule has 1 aliphatic heterocycles. The number of rotatable bonds is 1. The Hall–Kier alpha value is -1.09. The molecule has 1 atom stereocenters. The van der Waals surface area contributed by atoms with Gasteiger partial charge in [0.2, 0.25) is 5.56 Å². The number of nitrogens with zero attached hydrogens (tertiary/aromatic N) is 1. The van der Waals surface area contributed by atoms with Crippen LogP contribution >= 0.6 is 0 Å². The Morgan fingerprint density at radius 2 is 2.36 bits per heavy atom. The molecule has 0 unspecified atom stereocenters. The molecule has 1 aromatic heterocycles. The summed E-state index contributed by atoms with van der Waals surface area (Å²) in [5, 5.41) is 0. The Labute approximate surface area is 83.8 Å². The molecular weight excluding hydrogens is 176 g/mol. The van der Waals surface area contributed by atoms with Crippen molar-refractivity contribution in [2.75, 3.05) is 13.6 Å². The van der Waals surface area contributed by atoms with Crippen molar-refractivity contribution in [3.63, 3.8) is 0 Å². The highest BCUT2D eigenvalue weighted by molar-refractivity contribution is 5.25. The summed E-state index contributed by atoms with van der Waals surface area (Å²) >= 11 is 0. The van der Waals surface area contributed by atoms with E-state index in [0.29, 0.717) is 6.04 Å². The molecule has 0 aliphatic carbocycles. The molecule has 1 saturated heterocycles. The molecule has 14 heavy (non-hydrogen) atoms. The summed E-state index contributed by atoms with van der Waals surface area (Å²) in [6.07, 6.45) is 4.31. The van der Waals surface area contributed by atoms with Crippen LogP contribution in [0.1, 0.15) is 30.0 Å². The van der Waals surface area contributed by atoms with E-state index in [0.717, 1.165) is 12.1 Å². The van der Waals surface area contributed by atoms with E-state index in [9.17, 15) is 4.79 Å². The van der Waals surface area contributed by atoms with Crippen LogP contribution in [0.25, 0.3) is 0 Å². The van der Waals surface area contributed by atoms with Gasteiger partial charge in [-0.1, -0.05) is 0 Å². The lowest BCUT2D eigenvalue weighted by atomic mass is 10.0. The fraction of sp³-hybridized carbons (Fsp3) is 0.545. The van der Waals surface area contributed by atoms with Crippen LogP contribution in [-0.4, -0.2) is 23.5 Å². The molecule has 0 spiro atoms. The number of H-pyrrole nitrogens is 1. The maximum absolute atomic E-state index is 11.1. The molecule has 0 aromatic carbocycles. The Morgan fingerprint density at radius 1 is 1.57 bits per heavy atom. The van der Waals surface area contributed by atoms with E-state index in [4.69, 9.17) is 0 Å². The van der Waals surface area contributed by atoms with Crippen LogP contribution < -0.4 is 5.56 Å². The lowest BCUT2D eigenvalue weighted by molar-refractivity contribution is 0.316. The summed E-state index contributed by atoms with van der Waals surface area (Å²) in [7, 11) is 2.14. The second-order valence-electron chi connectivity index (χ2n) is 4.07. The van der Waals surface area contributed by atoms with Gasteiger partial charge in [-0.15, -0.1) is 0 Å². The number of aryl methyl sites for hydroxylation is 1. The Morgan fingerprint density at radius 3 is 2.93 bits per heavy atom.